The molecule has 2 aromatic rings. The quantitative estimate of drug-likeness (QED) is 0.886. The maximum absolute atomic E-state index is 4.76. The van der Waals surface area contributed by atoms with Crippen LogP contribution in [-0.4, -0.2) is 16.5 Å². The summed E-state index contributed by atoms with van der Waals surface area (Å²) in [6.07, 6.45) is 1.82. The van der Waals surface area contributed by atoms with Crippen LogP contribution in [0.4, 0.5) is 0 Å². The van der Waals surface area contributed by atoms with Crippen LogP contribution in [0.25, 0.3) is 10.7 Å². The summed E-state index contributed by atoms with van der Waals surface area (Å²) in [7, 11) is 0. The van der Waals surface area contributed by atoms with Gasteiger partial charge in [0.05, 0.1) is 11.4 Å². The van der Waals surface area contributed by atoms with Gasteiger partial charge in [-0.25, -0.2) is 4.98 Å². The molecule has 0 aliphatic rings. The Morgan fingerprint density at radius 1 is 1.37 bits per heavy atom. The Morgan fingerprint density at radius 3 is 2.74 bits per heavy atom. The second-order valence-corrected chi connectivity index (χ2v) is 6.62. The molecule has 0 bridgehead atoms. The molecule has 3 nitrogen and oxygen atoms in total. The molecule has 0 aliphatic carbocycles. The number of nitrogens with zero attached hydrogens (tertiary/aromatic N) is 2. The lowest BCUT2D eigenvalue weighted by Gasteiger charge is -2.04. The van der Waals surface area contributed by atoms with E-state index in [4.69, 9.17) is 4.98 Å². The van der Waals surface area contributed by atoms with Gasteiger partial charge in [-0.15, -0.1) is 11.3 Å². The maximum Gasteiger partial charge on any atom is 0.142 e. The number of hydrogen-bond donors (Lipinski definition) is 1. The molecule has 0 atom stereocenters. The third kappa shape index (κ3) is 3.61. The number of pyridine rings is 1. The summed E-state index contributed by atoms with van der Waals surface area (Å²) >= 11 is 5.14. The highest BCUT2D eigenvalue weighted by molar-refractivity contribution is 9.10. The van der Waals surface area contributed by atoms with Crippen LogP contribution < -0.4 is 5.32 Å². The Hall–Kier alpha value is -0.780. The molecule has 0 saturated heterocycles. The van der Waals surface area contributed by atoms with E-state index >= 15 is 0 Å². The van der Waals surface area contributed by atoms with Gasteiger partial charge in [0.2, 0.25) is 0 Å². The molecule has 102 valence electrons. The fourth-order valence-corrected chi connectivity index (χ4v) is 3.19. The van der Waals surface area contributed by atoms with E-state index in [0.717, 1.165) is 28.3 Å². The van der Waals surface area contributed by atoms with Gasteiger partial charge in [0.15, 0.2) is 0 Å². The van der Waals surface area contributed by atoms with E-state index in [2.05, 4.69) is 47.0 Å². The molecule has 0 saturated carbocycles. The van der Waals surface area contributed by atoms with Crippen molar-refractivity contribution in [3.05, 3.63) is 33.4 Å². The van der Waals surface area contributed by atoms with E-state index < -0.39 is 0 Å². The first-order valence-electron chi connectivity index (χ1n) is 6.44. The van der Waals surface area contributed by atoms with Crippen LogP contribution in [0.15, 0.2) is 22.8 Å². The van der Waals surface area contributed by atoms with E-state index in [9.17, 15) is 0 Å². The van der Waals surface area contributed by atoms with E-state index in [-0.39, 0.29) is 0 Å². The molecule has 0 radical (unpaired) electrons. The van der Waals surface area contributed by atoms with Gasteiger partial charge in [0.25, 0.3) is 0 Å². The Kier molecular flexibility index (Phi) is 5.07. The minimum absolute atomic E-state index is 0.439. The molecular formula is C14H18BrN3S. The van der Waals surface area contributed by atoms with Crippen LogP contribution in [-0.2, 0) is 6.54 Å². The number of aromatic nitrogens is 2. The van der Waals surface area contributed by atoms with Gasteiger partial charge in [-0.1, -0.05) is 20.8 Å². The number of thiazole rings is 1. The largest absolute Gasteiger partial charge is 0.312 e. The zero-order valence-electron chi connectivity index (χ0n) is 11.4. The third-order valence-electron chi connectivity index (χ3n) is 2.76. The van der Waals surface area contributed by atoms with E-state index in [1.54, 1.807) is 11.3 Å². The van der Waals surface area contributed by atoms with Gasteiger partial charge in [-0.2, -0.15) is 0 Å². The van der Waals surface area contributed by atoms with Gasteiger partial charge in [0.1, 0.15) is 5.01 Å². The van der Waals surface area contributed by atoms with Crippen molar-refractivity contribution in [2.75, 3.05) is 6.54 Å². The van der Waals surface area contributed by atoms with E-state index in [1.807, 2.05) is 18.3 Å². The van der Waals surface area contributed by atoms with Gasteiger partial charge in [0, 0.05) is 22.1 Å². The van der Waals surface area contributed by atoms with Crippen molar-refractivity contribution >= 4 is 27.3 Å². The lowest BCUT2D eigenvalue weighted by Crippen LogP contribution is -2.12. The maximum atomic E-state index is 4.76. The van der Waals surface area contributed by atoms with Crippen molar-refractivity contribution < 1.29 is 0 Å². The Morgan fingerprint density at radius 2 is 2.16 bits per heavy atom. The van der Waals surface area contributed by atoms with Crippen molar-refractivity contribution in [2.45, 2.75) is 33.2 Å². The topological polar surface area (TPSA) is 37.8 Å². The molecule has 0 spiro atoms. The molecule has 0 unspecified atom stereocenters. The highest BCUT2D eigenvalue weighted by atomic mass is 79.9. The lowest BCUT2D eigenvalue weighted by atomic mass is 10.1. The molecular weight excluding hydrogens is 322 g/mol. The molecule has 0 fully saturated rings. The van der Waals surface area contributed by atoms with Crippen molar-refractivity contribution in [2.24, 2.45) is 0 Å². The van der Waals surface area contributed by atoms with Crippen molar-refractivity contribution in [1.82, 2.24) is 15.3 Å². The predicted molar refractivity (Wildman–Crippen MR) is 84.5 cm³/mol. The Labute approximate surface area is 126 Å². The summed E-state index contributed by atoms with van der Waals surface area (Å²) in [5.74, 6) is 0.439. The Bertz CT molecular complexity index is 534. The van der Waals surface area contributed by atoms with Crippen LogP contribution in [0.2, 0.25) is 0 Å². The molecule has 0 amide bonds. The number of nitrogens with one attached hydrogen (secondary N) is 1. The standard InChI is InChI=1S/C14H18BrN3S/c1-4-16-8-12-13(9(2)3)18-14(19-12)11-6-5-10(15)7-17-11/h5-7,9,16H,4,8H2,1-3H3. The van der Waals surface area contributed by atoms with Gasteiger partial charge in [-0.05, 0) is 40.5 Å². The third-order valence-corrected chi connectivity index (χ3v) is 4.32. The highest BCUT2D eigenvalue weighted by Crippen LogP contribution is 2.31. The summed E-state index contributed by atoms with van der Waals surface area (Å²) in [4.78, 5) is 10.5. The average molecular weight is 340 g/mol. The average Bonchev–Trinajstić information content (AvgIpc) is 2.81. The number of rotatable bonds is 5. The minimum atomic E-state index is 0.439. The molecule has 2 heterocycles. The first kappa shape index (κ1) is 14.6. The van der Waals surface area contributed by atoms with Crippen LogP contribution in [0, 0.1) is 0 Å². The first-order valence-corrected chi connectivity index (χ1v) is 8.05. The van der Waals surface area contributed by atoms with Crippen molar-refractivity contribution in [3.63, 3.8) is 0 Å². The number of halogens is 1. The van der Waals surface area contributed by atoms with Gasteiger partial charge < -0.3 is 5.32 Å². The van der Waals surface area contributed by atoms with Crippen molar-refractivity contribution in [1.29, 1.82) is 0 Å². The Balaban J connectivity index is 2.33. The number of hydrogen-bond acceptors (Lipinski definition) is 4. The SMILES string of the molecule is CCNCc1sc(-c2ccc(Br)cn2)nc1C(C)C. The molecule has 5 heteroatoms. The predicted octanol–water partition coefficient (Wildman–Crippen LogP) is 4.20. The molecule has 0 aliphatic heterocycles. The molecule has 1 N–H and O–H groups in total. The monoisotopic (exact) mass is 339 g/mol. The highest BCUT2D eigenvalue weighted by Gasteiger charge is 2.15. The van der Waals surface area contributed by atoms with E-state index in [1.165, 1.54) is 10.6 Å². The minimum Gasteiger partial charge on any atom is -0.312 e. The van der Waals surface area contributed by atoms with Crippen molar-refractivity contribution in [3.8, 4) is 10.7 Å². The van der Waals surface area contributed by atoms with Crippen LogP contribution in [0.3, 0.4) is 0 Å². The second kappa shape index (κ2) is 6.59. The zero-order valence-corrected chi connectivity index (χ0v) is 13.8. The second-order valence-electron chi connectivity index (χ2n) is 4.62. The van der Waals surface area contributed by atoms with Gasteiger partial charge in [-0.3, -0.25) is 4.98 Å². The van der Waals surface area contributed by atoms with Crippen LogP contribution in [0.1, 0.15) is 37.3 Å². The summed E-state index contributed by atoms with van der Waals surface area (Å²) in [6.45, 7) is 8.35. The van der Waals surface area contributed by atoms with Crippen LogP contribution in [0.5, 0.6) is 0 Å². The molecule has 2 aromatic heterocycles. The lowest BCUT2D eigenvalue weighted by molar-refractivity contribution is 0.714. The summed E-state index contributed by atoms with van der Waals surface area (Å²) in [6, 6.07) is 4.01. The molecule has 0 aromatic carbocycles. The van der Waals surface area contributed by atoms with E-state index in [0.29, 0.717) is 5.92 Å². The molecule has 19 heavy (non-hydrogen) atoms. The molecule has 2 rings (SSSR count). The first-order chi connectivity index (χ1) is 9.11. The normalized spacial score (nSPS) is 11.2. The smallest absolute Gasteiger partial charge is 0.142 e. The fourth-order valence-electron chi connectivity index (χ4n) is 1.79. The summed E-state index contributed by atoms with van der Waals surface area (Å²) in [5.41, 5.74) is 2.13. The zero-order chi connectivity index (χ0) is 13.8. The summed E-state index contributed by atoms with van der Waals surface area (Å²) in [5, 5.41) is 4.38. The summed E-state index contributed by atoms with van der Waals surface area (Å²) < 4.78 is 0.991. The fraction of sp³-hybridized carbons (Fsp3) is 0.429. The van der Waals surface area contributed by atoms with Crippen LogP contribution >= 0.6 is 27.3 Å². The van der Waals surface area contributed by atoms with Gasteiger partial charge >= 0.3 is 0 Å².